The SMILES string of the molecule is CC(C)c1ccc(N(c2ccc(C3CCCCC3)cc2)c2c3ccc(C(C)(C)C)cc3c(N(c3ccc(C(C)C)cc3)c3ccc(C4CCC(c5ccc(N(c6ccccc6)c6c7ccccc7c(-c7c8ccccc8c(N(c8ccccc8)c8ccccc8)c8ccccc78)c7ccccc67)cc5)CC4)cc3)c3ccc(C(C)(C)C)cc23)cc1. The van der Waals surface area contributed by atoms with E-state index in [4.69, 9.17) is 0 Å². The maximum Gasteiger partial charge on any atom is 0.0620 e. The second-order valence-corrected chi connectivity index (χ2v) is 36.8. The van der Waals surface area contributed by atoms with Crippen LogP contribution in [0.5, 0.6) is 0 Å². The summed E-state index contributed by atoms with van der Waals surface area (Å²) in [7, 11) is 0. The normalized spacial score (nSPS) is 14.9. The number of nitrogens with zero attached hydrogens (tertiary/aromatic N) is 4. The van der Waals surface area contributed by atoms with Gasteiger partial charge < -0.3 is 19.6 Å². The van der Waals surface area contributed by atoms with Crippen LogP contribution in [0, 0.1) is 0 Å². The second kappa shape index (κ2) is 32.3. The van der Waals surface area contributed by atoms with Gasteiger partial charge in [0, 0.05) is 88.6 Å². The van der Waals surface area contributed by atoms with Gasteiger partial charge in [-0.2, -0.15) is 0 Å². The quantitative estimate of drug-likeness (QED) is 0.0627. The molecule has 19 rings (SSSR count). The summed E-state index contributed by atoms with van der Waals surface area (Å²) in [6, 6.07) is 132. The van der Waals surface area contributed by atoms with Gasteiger partial charge in [-0.05, 0) is 260 Å². The average molecular weight is 1560 g/mol. The molecule has 0 amide bonds. The van der Waals surface area contributed by atoms with E-state index in [9.17, 15) is 0 Å². The zero-order valence-corrected chi connectivity index (χ0v) is 71.4. The van der Waals surface area contributed by atoms with Crippen LogP contribution in [0.3, 0.4) is 0 Å². The maximum absolute atomic E-state index is 2.61. The second-order valence-electron chi connectivity index (χ2n) is 36.8. The molecule has 0 saturated heterocycles. The summed E-state index contributed by atoms with van der Waals surface area (Å²) in [5.74, 6) is 2.32. The predicted octanol–water partition coefficient (Wildman–Crippen LogP) is 34.5. The first-order valence-corrected chi connectivity index (χ1v) is 44.3. The van der Waals surface area contributed by atoms with E-state index in [0.29, 0.717) is 29.6 Å². The lowest BCUT2D eigenvalue weighted by molar-refractivity contribution is 0.396. The minimum absolute atomic E-state index is 0.110. The molecule has 0 bridgehead atoms. The van der Waals surface area contributed by atoms with Crippen molar-refractivity contribution in [3.63, 3.8) is 0 Å². The van der Waals surface area contributed by atoms with Gasteiger partial charge in [-0.1, -0.05) is 325 Å². The molecule has 2 saturated carbocycles. The summed E-state index contributed by atoms with van der Waals surface area (Å²) in [6.07, 6.45) is 11.0. The highest BCUT2D eigenvalue weighted by atomic mass is 15.2. The first-order chi connectivity index (χ1) is 58.5. The largest absolute Gasteiger partial charge is 0.309 e. The smallest absolute Gasteiger partial charge is 0.0620 e. The Morgan fingerprint density at radius 3 is 0.708 bits per heavy atom. The van der Waals surface area contributed by atoms with Crippen molar-refractivity contribution >= 4 is 133 Å². The van der Waals surface area contributed by atoms with Gasteiger partial charge in [0.25, 0.3) is 0 Å². The fraction of sp³-hybridized carbons (Fsp3) is 0.224. The Morgan fingerprint density at radius 1 is 0.217 bits per heavy atom. The van der Waals surface area contributed by atoms with Crippen LogP contribution in [0.1, 0.15) is 196 Å². The van der Waals surface area contributed by atoms with Crippen LogP contribution in [0.4, 0.5) is 68.2 Å². The molecule has 2 fully saturated rings. The molecule has 0 aromatic heterocycles. The molecule has 0 aliphatic heterocycles. The molecule has 120 heavy (non-hydrogen) atoms. The average Bonchev–Trinajstić information content (AvgIpc) is 0.706. The number of hydrogen-bond acceptors (Lipinski definition) is 4. The minimum atomic E-state index is -0.115. The summed E-state index contributed by atoms with van der Waals surface area (Å²) in [6.45, 7) is 23.4. The Morgan fingerprint density at radius 2 is 0.442 bits per heavy atom. The van der Waals surface area contributed by atoms with Crippen LogP contribution < -0.4 is 19.6 Å². The Bertz CT molecular complexity index is 6410. The molecule has 0 spiro atoms. The molecular formula is C116H110N4. The van der Waals surface area contributed by atoms with Crippen molar-refractivity contribution in [2.24, 2.45) is 0 Å². The van der Waals surface area contributed by atoms with E-state index in [1.807, 2.05) is 0 Å². The van der Waals surface area contributed by atoms with Gasteiger partial charge in [0.15, 0.2) is 0 Å². The molecular weight excluding hydrogens is 1450 g/mol. The molecule has 0 atom stereocenters. The van der Waals surface area contributed by atoms with E-state index in [1.165, 1.54) is 175 Å². The Labute approximate surface area is 711 Å². The zero-order valence-electron chi connectivity index (χ0n) is 71.4. The maximum atomic E-state index is 2.61. The molecule has 4 nitrogen and oxygen atoms in total. The first kappa shape index (κ1) is 77.4. The first-order valence-electron chi connectivity index (χ1n) is 44.3. The van der Waals surface area contributed by atoms with E-state index in [2.05, 4.69) is 435 Å². The topological polar surface area (TPSA) is 13.0 Å². The van der Waals surface area contributed by atoms with Crippen LogP contribution in [0.15, 0.2) is 346 Å². The van der Waals surface area contributed by atoms with Crippen molar-refractivity contribution in [2.75, 3.05) is 19.6 Å². The van der Waals surface area contributed by atoms with Crippen LogP contribution in [0.2, 0.25) is 0 Å². The molecule has 17 aromatic rings. The van der Waals surface area contributed by atoms with E-state index < -0.39 is 0 Å². The van der Waals surface area contributed by atoms with Gasteiger partial charge in [0.1, 0.15) is 0 Å². The minimum Gasteiger partial charge on any atom is -0.309 e. The number of fused-ring (bicyclic) bond motifs is 6. The fourth-order valence-electron chi connectivity index (χ4n) is 20.1. The summed E-state index contributed by atoms with van der Waals surface area (Å²) < 4.78 is 0. The molecule has 4 heteroatoms. The third-order valence-electron chi connectivity index (χ3n) is 26.6. The van der Waals surface area contributed by atoms with Gasteiger partial charge in [-0.15, -0.1) is 0 Å². The molecule has 0 unspecified atom stereocenters. The summed E-state index contributed by atoms with van der Waals surface area (Å²) >= 11 is 0. The van der Waals surface area contributed by atoms with E-state index in [1.54, 1.807) is 0 Å². The summed E-state index contributed by atoms with van der Waals surface area (Å²) in [4.78, 5) is 10.2. The van der Waals surface area contributed by atoms with Crippen LogP contribution in [-0.4, -0.2) is 0 Å². The van der Waals surface area contributed by atoms with Gasteiger partial charge in [0.05, 0.1) is 22.7 Å². The van der Waals surface area contributed by atoms with Crippen molar-refractivity contribution < 1.29 is 0 Å². The highest BCUT2D eigenvalue weighted by Crippen LogP contribution is 2.57. The lowest BCUT2D eigenvalue weighted by Gasteiger charge is -2.35. The number of benzene rings is 17. The monoisotopic (exact) mass is 1560 g/mol. The lowest BCUT2D eigenvalue weighted by atomic mass is 9.76. The van der Waals surface area contributed by atoms with Crippen molar-refractivity contribution in [2.45, 2.75) is 167 Å². The number of para-hydroxylation sites is 3. The molecule has 0 radical (unpaired) electrons. The standard InChI is InChI=1S/C116H110N4/c1-77(2)79-51-63-92(64-52-79)119(95-67-55-84(56-68-95)81-31-15-11-16-32-81)113-105-73-61-88(116(8,9)10)76-108(105)114(106-74-62-87(75-107(106)113)115(5,6)7)120(93-65-53-80(54-66-93)78(3)4)96-71-59-86(60-72-96)83-49-47-82(48-50-83)85-57-69-94(70-58-85)118(91-37-21-14-22-38-91)112-103-45-29-25-41-99(103)110(100-42-26-30-46-104(100)112)109-97-39-23-27-43-101(97)111(102-44-28-24-40-98(102)109)117(89-33-17-12-18-34-89)90-35-19-13-20-36-90/h12-14,17-30,33-46,51-78,81-83H,11,15-16,31-32,47-50H2,1-10H3. The van der Waals surface area contributed by atoms with Crippen LogP contribution in [0.25, 0.3) is 75.8 Å². The highest BCUT2D eigenvalue weighted by Gasteiger charge is 2.33. The third-order valence-corrected chi connectivity index (χ3v) is 26.6. The van der Waals surface area contributed by atoms with Gasteiger partial charge >= 0.3 is 0 Å². The Hall–Kier alpha value is -12.5. The molecule has 17 aromatic carbocycles. The number of rotatable bonds is 18. The van der Waals surface area contributed by atoms with Crippen molar-refractivity contribution in [1.82, 2.24) is 0 Å². The number of hydrogen-bond donors (Lipinski definition) is 0. The van der Waals surface area contributed by atoms with E-state index in [0.717, 1.165) is 65.5 Å². The molecule has 2 aliphatic rings. The van der Waals surface area contributed by atoms with Gasteiger partial charge in [0.2, 0.25) is 0 Å². The van der Waals surface area contributed by atoms with Gasteiger partial charge in [-0.3, -0.25) is 0 Å². The lowest BCUT2D eigenvalue weighted by Crippen LogP contribution is -2.17. The summed E-state index contributed by atoms with van der Waals surface area (Å²) in [5, 5.41) is 14.6. The molecule has 2 aliphatic carbocycles. The van der Waals surface area contributed by atoms with Crippen molar-refractivity contribution in [3.05, 3.63) is 385 Å². The van der Waals surface area contributed by atoms with Crippen molar-refractivity contribution in [1.29, 1.82) is 0 Å². The molecule has 0 heterocycles. The van der Waals surface area contributed by atoms with E-state index >= 15 is 0 Å². The number of anilines is 12. The Balaban J connectivity index is 0.677. The zero-order chi connectivity index (χ0) is 81.9. The third kappa shape index (κ3) is 14.5. The van der Waals surface area contributed by atoms with Crippen LogP contribution in [-0.2, 0) is 10.8 Å². The predicted molar refractivity (Wildman–Crippen MR) is 517 cm³/mol. The highest BCUT2D eigenvalue weighted by molar-refractivity contribution is 6.31. The van der Waals surface area contributed by atoms with Crippen molar-refractivity contribution in [3.8, 4) is 11.1 Å². The van der Waals surface area contributed by atoms with E-state index in [-0.39, 0.29) is 10.8 Å². The fourth-order valence-corrected chi connectivity index (χ4v) is 20.1. The summed E-state index contributed by atoms with van der Waals surface area (Å²) in [5.41, 5.74) is 25.8. The van der Waals surface area contributed by atoms with Crippen LogP contribution >= 0.6 is 0 Å². The van der Waals surface area contributed by atoms with Gasteiger partial charge in [-0.25, -0.2) is 0 Å². The Kier molecular flexibility index (Phi) is 20.9. The molecule has 0 N–H and O–H groups in total. The molecule has 594 valence electrons.